The van der Waals surface area contributed by atoms with Crippen molar-refractivity contribution in [3.05, 3.63) is 41.9 Å². The van der Waals surface area contributed by atoms with Crippen LogP contribution < -0.4 is 14.8 Å². The maximum Gasteiger partial charge on any atom is 0.321 e. The maximum absolute atomic E-state index is 12.7. The van der Waals surface area contributed by atoms with Gasteiger partial charge >= 0.3 is 6.03 Å². The molecule has 156 valence electrons. The summed E-state index contributed by atoms with van der Waals surface area (Å²) in [5.74, 6) is 2.08. The molecule has 0 bridgehead atoms. The van der Waals surface area contributed by atoms with Crippen molar-refractivity contribution in [1.29, 1.82) is 0 Å². The number of rotatable bonds is 7. The van der Waals surface area contributed by atoms with E-state index >= 15 is 0 Å². The van der Waals surface area contributed by atoms with Crippen molar-refractivity contribution in [1.82, 2.24) is 14.9 Å². The molecule has 2 heterocycles. The summed E-state index contributed by atoms with van der Waals surface area (Å²) in [4.78, 5) is 23.1. The molecule has 7 heteroatoms. The van der Waals surface area contributed by atoms with Crippen molar-refractivity contribution in [2.24, 2.45) is 0 Å². The fourth-order valence-corrected chi connectivity index (χ4v) is 3.30. The van der Waals surface area contributed by atoms with Crippen molar-refractivity contribution in [3.8, 4) is 11.6 Å². The maximum atomic E-state index is 12.7. The van der Waals surface area contributed by atoms with E-state index in [9.17, 15) is 4.79 Å². The SMILES string of the molecule is CCCCOc1ccc(NC(=O)N2CCCC(Oc3cc(C)nc(C)n3)C2)cc1. The number of anilines is 1. The Bertz CT molecular complexity index is 790. The minimum absolute atomic E-state index is 0.0717. The molecule has 2 amide bonds. The minimum Gasteiger partial charge on any atom is -0.494 e. The molecular formula is C22H30N4O3. The van der Waals surface area contributed by atoms with Crippen LogP contribution in [-0.2, 0) is 0 Å². The number of aryl methyl sites for hydroxylation is 2. The highest BCUT2D eigenvalue weighted by Gasteiger charge is 2.25. The van der Waals surface area contributed by atoms with Crippen LogP contribution in [-0.4, -0.2) is 46.7 Å². The van der Waals surface area contributed by atoms with E-state index in [1.54, 1.807) is 4.90 Å². The lowest BCUT2D eigenvalue weighted by atomic mass is 10.1. The quantitative estimate of drug-likeness (QED) is 0.702. The molecule has 7 nitrogen and oxygen atoms in total. The molecule has 1 atom stereocenters. The van der Waals surface area contributed by atoms with Gasteiger partial charge in [0.25, 0.3) is 0 Å². The lowest BCUT2D eigenvalue weighted by Gasteiger charge is -2.32. The van der Waals surface area contributed by atoms with Crippen LogP contribution >= 0.6 is 0 Å². The third kappa shape index (κ3) is 6.34. The molecule has 3 rings (SSSR count). The molecule has 1 fully saturated rings. The summed E-state index contributed by atoms with van der Waals surface area (Å²) in [5, 5.41) is 2.96. The number of benzene rings is 1. The molecule has 0 saturated carbocycles. The van der Waals surface area contributed by atoms with Crippen LogP contribution in [0.4, 0.5) is 10.5 Å². The highest BCUT2D eigenvalue weighted by Crippen LogP contribution is 2.20. The number of unbranched alkanes of at least 4 members (excludes halogenated alkanes) is 1. The van der Waals surface area contributed by atoms with E-state index in [1.807, 2.05) is 44.2 Å². The first-order chi connectivity index (χ1) is 14.0. The lowest BCUT2D eigenvalue weighted by Crippen LogP contribution is -2.46. The van der Waals surface area contributed by atoms with Crippen LogP contribution in [0.5, 0.6) is 11.6 Å². The molecule has 1 aliphatic heterocycles. The van der Waals surface area contributed by atoms with Crippen LogP contribution in [0.25, 0.3) is 0 Å². The number of carbonyl (C=O) groups excluding carboxylic acids is 1. The standard InChI is InChI=1S/C22H30N4O3/c1-4-5-13-28-19-10-8-18(9-11-19)25-22(27)26-12-6-7-20(15-26)29-21-14-16(2)23-17(3)24-21/h8-11,14,20H,4-7,12-13,15H2,1-3H3,(H,25,27). The Kier molecular flexibility index (Phi) is 7.27. The predicted molar refractivity (Wildman–Crippen MR) is 113 cm³/mol. The molecule has 1 aromatic heterocycles. The fraction of sp³-hybridized carbons (Fsp3) is 0.500. The highest BCUT2D eigenvalue weighted by molar-refractivity contribution is 5.89. The van der Waals surface area contributed by atoms with Crippen molar-refractivity contribution in [2.75, 3.05) is 25.0 Å². The number of likely N-dealkylation sites (tertiary alicyclic amines) is 1. The van der Waals surface area contributed by atoms with E-state index in [0.717, 1.165) is 42.8 Å². The Hall–Kier alpha value is -2.83. The number of amides is 2. The van der Waals surface area contributed by atoms with Gasteiger partial charge in [0.2, 0.25) is 5.88 Å². The third-order valence-corrected chi connectivity index (χ3v) is 4.77. The molecule has 0 radical (unpaired) electrons. The zero-order chi connectivity index (χ0) is 20.6. The van der Waals surface area contributed by atoms with E-state index in [4.69, 9.17) is 9.47 Å². The number of aromatic nitrogens is 2. The summed E-state index contributed by atoms with van der Waals surface area (Å²) in [6.07, 6.45) is 3.86. The van der Waals surface area contributed by atoms with Gasteiger partial charge in [0.1, 0.15) is 17.7 Å². The lowest BCUT2D eigenvalue weighted by molar-refractivity contribution is 0.102. The monoisotopic (exact) mass is 398 g/mol. The summed E-state index contributed by atoms with van der Waals surface area (Å²) in [6.45, 7) is 7.86. The second kappa shape index (κ2) is 10.1. The van der Waals surface area contributed by atoms with Crippen LogP contribution in [0, 0.1) is 13.8 Å². The zero-order valence-corrected chi connectivity index (χ0v) is 17.5. The summed E-state index contributed by atoms with van der Waals surface area (Å²) in [7, 11) is 0. The van der Waals surface area contributed by atoms with Gasteiger partial charge in [0, 0.05) is 24.0 Å². The van der Waals surface area contributed by atoms with Crippen LogP contribution in [0.3, 0.4) is 0 Å². The van der Waals surface area contributed by atoms with Gasteiger partial charge in [-0.2, -0.15) is 4.98 Å². The van der Waals surface area contributed by atoms with Crippen molar-refractivity contribution in [3.63, 3.8) is 0 Å². The van der Waals surface area contributed by atoms with Crippen LogP contribution in [0.2, 0.25) is 0 Å². The Morgan fingerprint density at radius 1 is 1.24 bits per heavy atom. The molecule has 0 spiro atoms. The number of nitrogens with zero attached hydrogens (tertiary/aromatic N) is 3. The number of piperidine rings is 1. The average molecular weight is 399 g/mol. The summed E-state index contributed by atoms with van der Waals surface area (Å²) in [6, 6.07) is 9.21. The van der Waals surface area contributed by atoms with Crippen molar-refractivity contribution in [2.45, 2.75) is 52.6 Å². The number of urea groups is 1. The van der Waals surface area contributed by atoms with Crippen LogP contribution in [0.15, 0.2) is 30.3 Å². The van der Waals surface area contributed by atoms with Gasteiger partial charge in [0.05, 0.1) is 13.2 Å². The molecular weight excluding hydrogens is 368 g/mol. The van der Waals surface area contributed by atoms with Crippen molar-refractivity contribution < 1.29 is 14.3 Å². The van der Waals surface area contributed by atoms with E-state index in [1.165, 1.54) is 0 Å². The first kappa shape index (κ1) is 20.9. The van der Waals surface area contributed by atoms with E-state index in [0.29, 0.717) is 31.4 Å². The molecule has 1 unspecified atom stereocenters. The van der Waals surface area contributed by atoms with Crippen molar-refractivity contribution >= 4 is 11.7 Å². The van der Waals surface area contributed by atoms with Gasteiger partial charge in [-0.1, -0.05) is 13.3 Å². The number of nitrogens with one attached hydrogen (secondary N) is 1. The van der Waals surface area contributed by atoms with Crippen LogP contribution in [0.1, 0.15) is 44.1 Å². The molecule has 1 saturated heterocycles. The molecule has 1 N–H and O–H groups in total. The molecule has 1 aliphatic rings. The van der Waals surface area contributed by atoms with Gasteiger partial charge in [-0.15, -0.1) is 0 Å². The van der Waals surface area contributed by atoms with Gasteiger partial charge in [-0.05, 0) is 57.4 Å². The number of carbonyl (C=O) groups is 1. The van der Waals surface area contributed by atoms with E-state index < -0.39 is 0 Å². The van der Waals surface area contributed by atoms with E-state index in [-0.39, 0.29) is 12.1 Å². The predicted octanol–water partition coefficient (Wildman–Crippen LogP) is 4.35. The van der Waals surface area contributed by atoms with Gasteiger partial charge in [-0.25, -0.2) is 9.78 Å². The Labute approximate surface area is 172 Å². The second-order valence-electron chi connectivity index (χ2n) is 7.38. The number of hydrogen-bond donors (Lipinski definition) is 1. The van der Waals surface area contributed by atoms with Gasteiger partial charge in [-0.3, -0.25) is 0 Å². The fourth-order valence-electron chi connectivity index (χ4n) is 3.30. The Morgan fingerprint density at radius 2 is 2.03 bits per heavy atom. The topological polar surface area (TPSA) is 76.6 Å². The van der Waals surface area contributed by atoms with Gasteiger partial charge < -0.3 is 19.7 Å². The second-order valence-corrected chi connectivity index (χ2v) is 7.38. The highest BCUT2D eigenvalue weighted by atomic mass is 16.5. The molecule has 1 aromatic carbocycles. The molecule has 29 heavy (non-hydrogen) atoms. The minimum atomic E-state index is -0.118. The smallest absolute Gasteiger partial charge is 0.321 e. The first-order valence-corrected chi connectivity index (χ1v) is 10.3. The Morgan fingerprint density at radius 3 is 2.76 bits per heavy atom. The molecule has 2 aromatic rings. The number of ether oxygens (including phenoxy) is 2. The largest absolute Gasteiger partial charge is 0.494 e. The molecule has 0 aliphatic carbocycles. The average Bonchev–Trinajstić information content (AvgIpc) is 2.69. The number of hydrogen-bond acceptors (Lipinski definition) is 5. The van der Waals surface area contributed by atoms with E-state index in [2.05, 4.69) is 22.2 Å². The summed E-state index contributed by atoms with van der Waals surface area (Å²) in [5.41, 5.74) is 1.63. The zero-order valence-electron chi connectivity index (χ0n) is 17.5. The Balaban J connectivity index is 1.52. The van der Waals surface area contributed by atoms with Gasteiger partial charge in [0.15, 0.2) is 0 Å². The summed E-state index contributed by atoms with van der Waals surface area (Å²) < 4.78 is 11.7. The normalized spacial score (nSPS) is 16.4. The third-order valence-electron chi connectivity index (χ3n) is 4.77. The first-order valence-electron chi connectivity index (χ1n) is 10.3. The summed E-state index contributed by atoms with van der Waals surface area (Å²) >= 11 is 0.